The van der Waals surface area contributed by atoms with Crippen LogP contribution < -0.4 is 11.1 Å². The molecule has 1 saturated heterocycles. The average Bonchev–Trinajstić information content (AvgIpc) is 3.57. The number of benzene rings is 1. The number of pyridine rings is 1. The van der Waals surface area contributed by atoms with E-state index < -0.39 is 42.3 Å². The van der Waals surface area contributed by atoms with Crippen LogP contribution in [0.3, 0.4) is 0 Å². The van der Waals surface area contributed by atoms with E-state index in [9.17, 15) is 31.5 Å². The van der Waals surface area contributed by atoms with E-state index in [1.165, 1.54) is 47.6 Å². The number of fused-ring (bicyclic) bond motifs is 1. The van der Waals surface area contributed by atoms with Crippen molar-refractivity contribution in [3.05, 3.63) is 77.3 Å². The number of halogens is 5. The number of nitrogen functional groups attached to an aromatic ring is 1. The molecule has 0 bridgehead atoms. The smallest absolute Gasteiger partial charge is 0.417 e. The number of hydrogen-bond donors (Lipinski definition) is 3. The minimum atomic E-state index is -4.75. The molecule has 0 unspecified atom stereocenters. The summed E-state index contributed by atoms with van der Waals surface area (Å²) >= 11 is 0. The number of aromatic nitrogens is 2. The topological polar surface area (TPSA) is 117 Å². The van der Waals surface area contributed by atoms with Gasteiger partial charge in [0.1, 0.15) is 17.3 Å². The minimum Gasteiger partial charge on any atom is -0.459 e. The van der Waals surface area contributed by atoms with Gasteiger partial charge in [-0.25, -0.2) is 13.8 Å². The first-order valence-corrected chi connectivity index (χ1v) is 12.6. The number of carbonyl (C=O) groups is 2. The molecule has 0 atom stereocenters. The van der Waals surface area contributed by atoms with Gasteiger partial charge in [0.2, 0.25) is 5.91 Å². The zero-order chi connectivity index (χ0) is 29.4. The van der Waals surface area contributed by atoms with Crippen molar-refractivity contribution in [3.63, 3.8) is 0 Å². The summed E-state index contributed by atoms with van der Waals surface area (Å²) in [5.41, 5.74) is 5.00. The molecule has 0 radical (unpaired) electrons. The molecule has 0 aliphatic carbocycles. The number of aromatic amines is 1. The molecule has 1 aromatic carbocycles. The molecule has 3 aromatic heterocycles. The molecule has 0 spiro atoms. The van der Waals surface area contributed by atoms with Gasteiger partial charge < -0.3 is 25.4 Å². The number of nitrogens with zero attached hydrogens (tertiary/aromatic N) is 2. The van der Waals surface area contributed by atoms with Crippen LogP contribution in [0.4, 0.5) is 27.8 Å². The van der Waals surface area contributed by atoms with Gasteiger partial charge in [-0.15, -0.1) is 0 Å². The Bertz CT molecular complexity index is 1610. The standard InChI is InChI=1S/C28H24F5N5O3/c29-27(30)7-9-38(10-8-27)26(40)20-15-35-22-12-21(28(31,32)33)19(11-18(20)22)23-4-3-17(41-23)14-37-25(39)6-2-16-1-5-24(34)36-13-16/h1-6,11-13,15,35H,7-10,14H2,(H2,34,36)(H,37,39)/b6-2+. The van der Waals surface area contributed by atoms with Crippen LogP contribution in [-0.2, 0) is 17.5 Å². The van der Waals surface area contributed by atoms with Crippen LogP contribution in [0.1, 0.15) is 40.1 Å². The van der Waals surface area contributed by atoms with Crippen LogP contribution in [0.5, 0.6) is 0 Å². The van der Waals surface area contributed by atoms with Crippen molar-refractivity contribution in [1.29, 1.82) is 0 Å². The highest BCUT2D eigenvalue weighted by atomic mass is 19.4. The summed E-state index contributed by atoms with van der Waals surface area (Å²) < 4.78 is 74.8. The molecule has 214 valence electrons. The summed E-state index contributed by atoms with van der Waals surface area (Å²) in [4.78, 5) is 33.1. The highest BCUT2D eigenvalue weighted by molar-refractivity contribution is 6.08. The molecular formula is C28H24F5N5O3. The molecule has 1 aliphatic heterocycles. The molecule has 41 heavy (non-hydrogen) atoms. The lowest BCUT2D eigenvalue weighted by Gasteiger charge is -2.31. The van der Waals surface area contributed by atoms with Crippen LogP contribution in [0.25, 0.3) is 28.3 Å². The summed E-state index contributed by atoms with van der Waals surface area (Å²) in [6, 6.07) is 8.11. The van der Waals surface area contributed by atoms with Crippen molar-refractivity contribution in [2.75, 3.05) is 18.8 Å². The van der Waals surface area contributed by atoms with Crippen LogP contribution in [-0.4, -0.2) is 45.7 Å². The molecule has 1 fully saturated rings. The summed E-state index contributed by atoms with van der Waals surface area (Å²) in [5, 5.41) is 2.78. The molecule has 4 N–H and O–H groups in total. The van der Waals surface area contributed by atoms with Gasteiger partial charge in [0.25, 0.3) is 11.8 Å². The van der Waals surface area contributed by atoms with Gasteiger partial charge in [-0.2, -0.15) is 13.2 Å². The maximum Gasteiger partial charge on any atom is 0.417 e. The number of furan rings is 1. The van der Waals surface area contributed by atoms with Gasteiger partial charge in [0.05, 0.1) is 17.7 Å². The van der Waals surface area contributed by atoms with Crippen LogP contribution in [0, 0.1) is 0 Å². The molecule has 1 aliphatic rings. The molecule has 4 heterocycles. The van der Waals surface area contributed by atoms with Crippen LogP contribution in [0.15, 0.2) is 59.3 Å². The summed E-state index contributed by atoms with van der Waals surface area (Å²) in [6.07, 6.45) is -0.163. The van der Waals surface area contributed by atoms with E-state index in [0.29, 0.717) is 11.4 Å². The molecule has 4 aromatic rings. The fourth-order valence-electron chi connectivity index (χ4n) is 4.53. The second-order valence-electron chi connectivity index (χ2n) is 9.63. The first kappa shape index (κ1) is 27.9. The Labute approximate surface area is 230 Å². The third-order valence-corrected chi connectivity index (χ3v) is 6.74. The van der Waals surface area contributed by atoms with Gasteiger partial charge in [0, 0.05) is 60.9 Å². The molecule has 8 nitrogen and oxygen atoms in total. The maximum atomic E-state index is 14.0. The lowest BCUT2D eigenvalue weighted by Crippen LogP contribution is -2.42. The number of amides is 2. The first-order chi connectivity index (χ1) is 19.4. The number of likely N-dealkylation sites (tertiary alicyclic amines) is 1. The fraction of sp³-hybridized carbons (Fsp3) is 0.250. The first-order valence-electron chi connectivity index (χ1n) is 12.6. The monoisotopic (exact) mass is 573 g/mol. The zero-order valence-corrected chi connectivity index (χ0v) is 21.4. The molecule has 0 saturated carbocycles. The Hall–Kier alpha value is -4.68. The van der Waals surface area contributed by atoms with Gasteiger partial charge in [-0.1, -0.05) is 0 Å². The van der Waals surface area contributed by atoms with E-state index in [2.05, 4.69) is 15.3 Å². The van der Waals surface area contributed by atoms with E-state index in [4.69, 9.17) is 10.2 Å². The van der Waals surface area contributed by atoms with Crippen molar-refractivity contribution in [1.82, 2.24) is 20.2 Å². The highest BCUT2D eigenvalue weighted by Crippen LogP contribution is 2.41. The van der Waals surface area contributed by atoms with Crippen molar-refractivity contribution in [2.24, 2.45) is 0 Å². The van der Waals surface area contributed by atoms with Crippen molar-refractivity contribution < 1.29 is 36.0 Å². The van der Waals surface area contributed by atoms with E-state index in [0.717, 1.165) is 6.07 Å². The third-order valence-electron chi connectivity index (χ3n) is 6.74. The number of nitrogens with two attached hydrogens (primary N) is 1. The summed E-state index contributed by atoms with van der Waals surface area (Å²) in [5.74, 6) is -3.46. The van der Waals surface area contributed by atoms with Gasteiger partial charge in [0.15, 0.2) is 0 Å². The third kappa shape index (κ3) is 6.23. The molecule has 13 heteroatoms. The quantitative estimate of drug-likeness (QED) is 0.204. The van der Waals surface area contributed by atoms with E-state index >= 15 is 0 Å². The fourth-order valence-corrected chi connectivity index (χ4v) is 4.53. The average molecular weight is 574 g/mol. The van der Waals surface area contributed by atoms with E-state index in [-0.39, 0.29) is 53.2 Å². The normalized spacial score (nSPS) is 15.5. The number of H-pyrrole nitrogens is 1. The summed E-state index contributed by atoms with van der Waals surface area (Å²) in [7, 11) is 0. The second kappa shape index (κ2) is 10.7. The lowest BCUT2D eigenvalue weighted by molar-refractivity contribution is -0.137. The largest absolute Gasteiger partial charge is 0.459 e. The number of alkyl halides is 5. The lowest BCUT2D eigenvalue weighted by atomic mass is 9.99. The molecular weight excluding hydrogens is 549 g/mol. The number of hydrogen-bond acceptors (Lipinski definition) is 5. The number of anilines is 1. The van der Waals surface area contributed by atoms with Crippen molar-refractivity contribution in [3.8, 4) is 11.3 Å². The van der Waals surface area contributed by atoms with Crippen LogP contribution >= 0.6 is 0 Å². The SMILES string of the molecule is Nc1ccc(/C=C/C(=O)NCc2ccc(-c3cc4c(C(=O)N5CCC(F)(F)CC5)c[nH]c4cc3C(F)(F)F)o2)cn1. The molecule has 2 amide bonds. The van der Waals surface area contributed by atoms with E-state index in [1.54, 1.807) is 12.1 Å². The minimum absolute atomic E-state index is 0.0638. The Morgan fingerprint density at radius 1 is 1.15 bits per heavy atom. The van der Waals surface area contributed by atoms with E-state index in [1.807, 2.05) is 0 Å². The predicted octanol–water partition coefficient (Wildman–Crippen LogP) is 5.62. The van der Waals surface area contributed by atoms with Gasteiger partial charge >= 0.3 is 6.18 Å². The summed E-state index contributed by atoms with van der Waals surface area (Å²) in [6.45, 7) is -0.420. The Morgan fingerprint density at radius 3 is 2.59 bits per heavy atom. The van der Waals surface area contributed by atoms with Gasteiger partial charge in [-0.05, 0) is 48.0 Å². The Morgan fingerprint density at radius 2 is 1.90 bits per heavy atom. The highest BCUT2D eigenvalue weighted by Gasteiger charge is 2.38. The Kier molecular flexibility index (Phi) is 7.28. The zero-order valence-electron chi connectivity index (χ0n) is 21.4. The molecule has 5 rings (SSSR count). The van der Waals surface area contributed by atoms with Gasteiger partial charge in [-0.3, -0.25) is 9.59 Å². The van der Waals surface area contributed by atoms with Crippen molar-refractivity contribution >= 4 is 34.6 Å². The van der Waals surface area contributed by atoms with Crippen LogP contribution in [0.2, 0.25) is 0 Å². The second-order valence-corrected chi connectivity index (χ2v) is 9.63. The number of nitrogens with one attached hydrogen (secondary N) is 2. The van der Waals surface area contributed by atoms with Crippen molar-refractivity contribution in [2.45, 2.75) is 31.5 Å². The Balaban J connectivity index is 1.37. The maximum absolute atomic E-state index is 14.0. The number of piperidine rings is 1. The predicted molar refractivity (Wildman–Crippen MR) is 141 cm³/mol. The number of carbonyl (C=O) groups excluding carboxylic acids is 2. The number of rotatable bonds is 6.